The standard InChI is InChI=1S/C13H16ClN3O2/c1-19-12-9(2-3-10(14)15-12)6-17-7-13(8-17)5-4-11(18)16-13/h2-3H,4-8H2,1H3,(H,16,18). The molecule has 0 saturated carbocycles. The summed E-state index contributed by atoms with van der Waals surface area (Å²) >= 11 is 5.84. The van der Waals surface area contributed by atoms with Crippen molar-refractivity contribution in [3.8, 4) is 5.88 Å². The molecule has 6 heteroatoms. The first-order chi connectivity index (χ1) is 9.10. The molecule has 1 N–H and O–H groups in total. The molecule has 2 fully saturated rings. The molecule has 2 aliphatic rings. The molecule has 3 rings (SSSR count). The summed E-state index contributed by atoms with van der Waals surface area (Å²) in [5, 5.41) is 3.51. The second-order valence-corrected chi connectivity index (χ2v) is 5.66. The zero-order valence-corrected chi connectivity index (χ0v) is 11.5. The monoisotopic (exact) mass is 281 g/mol. The van der Waals surface area contributed by atoms with Crippen LogP contribution in [0.15, 0.2) is 12.1 Å². The van der Waals surface area contributed by atoms with Gasteiger partial charge in [-0.3, -0.25) is 9.69 Å². The molecule has 102 valence electrons. The first-order valence-corrected chi connectivity index (χ1v) is 6.71. The third kappa shape index (κ3) is 2.40. The highest BCUT2D eigenvalue weighted by atomic mass is 35.5. The van der Waals surface area contributed by atoms with Crippen molar-refractivity contribution < 1.29 is 9.53 Å². The van der Waals surface area contributed by atoms with Crippen molar-refractivity contribution in [1.82, 2.24) is 15.2 Å². The summed E-state index contributed by atoms with van der Waals surface area (Å²) in [6.07, 6.45) is 1.60. The maximum absolute atomic E-state index is 11.3. The molecule has 0 aliphatic carbocycles. The Morgan fingerprint density at radius 2 is 2.32 bits per heavy atom. The van der Waals surface area contributed by atoms with Gasteiger partial charge in [-0.2, -0.15) is 0 Å². The van der Waals surface area contributed by atoms with Crippen molar-refractivity contribution >= 4 is 17.5 Å². The average Bonchev–Trinajstić information content (AvgIpc) is 2.73. The van der Waals surface area contributed by atoms with Crippen LogP contribution in [-0.2, 0) is 11.3 Å². The number of pyridine rings is 1. The van der Waals surface area contributed by atoms with Gasteiger partial charge in [0.2, 0.25) is 11.8 Å². The van der Waals surface area contributed by atoms with Gasteiger partial charge in [0, 0.05) is 31.6 Å². The quantitative estimate of drug-likeness (QED) is 0.846. The Labute approximate surface area is 116 Å². The van der Waals surface area contributed by atoms with E-state index >= 15 is 0 Å². The summed E-state index contributed by atoms with van der Waals surface area (Å²) in [4.78, 5) is 17.7. The highest BCUT2D eigenvalue weighted by Crippen LogP contribution is 2.32. The molecule has 1 aromatic heterocycles. The zero-order chi connectivity index (χ0) is 13.5. The first kappa shape index (κ1) is 12.7. The number of halogens is 1. The van der Waals surface area contributed by atoms with Crippen molar-refractivity contribution in [2.75, 3.05) is 20.2 Å². The predicted molar refractivity (Wildman–Crippen MR) is 71.2 cm³/mol. The van der Waals surface area contributed by atoms with Gasteiger partial charge in [0.1, 0.15) is 5.15 Å². The van der Waals surface area contributed by atoms with Crippen molar-refractivity contribution in [2.24, 2.45) is 0 Å². The smallest absolute Gasteiger partial charge is 0.220 e. The fourth-order valence-electron chi connectivity index (χ4n) is 2.92. The molecule has 1 aromatic rings. The van der Waals surface area contributed by atoms with Crippen LogP contribution in [-0.4, -0.2) is 41.5 Å². The number of nitrogens with zero attached hydrogens (tertiary/aromatic N) is 2. The number of methoxy groups -OCH3 is 1. The number of carbonyl (C=O) groups is 1. The maximum atomic E-state index is 11.3. The van der Waals surface area contributed by atoms with E-state index in [0.29, 0.717) is 17.5 Å². The van der Waals surface area contributed by atoms with Crippen LogP contribution < -0.4 is 10.1 Å². The second kappa shape index (κ2) is 4.65. The summed E-state index contributed by atoms with van der Waals surface area (Å²) in [5.41, 5.74) is 1.04. The van der Waals surface area contributed by atoms with E-state index in [1.807, 2.05) is 6.07 Å². The van der Waals surface area contributed by atoms with Crippen LogP contribution in [0.4, 0.5) is 0 Å². The lowest BCUT2D eigenvalue weighted by atomic mass is 9.88. The van der Waals surface area contributed by atoms with Crippen LogP contribution >= 0.6 is 11.6 Å². The molecule has 1 amide bonds. The molecule has 5 nitrogen and oxygen atoms in total. The van der Waals surface area contributed by atoms with Crippen LogP contribution in [0.5, 0.6) is 5.88 Å². The molecule has 0 radical (unpaired) electrons. The Bertz CT molecular complexity index is 515. The molecule has 2 aliphatic heterocycles. The Balaban J connectivity index is 1.63. The van der Waals surface area contributed by atoms with E-state index in [-0.39, 0.29) is 11.4 Å². The van der Waals surface area contributed by atoms with Crippen LogP contribution in [0.25, 0.3) is 0 Å². The van der Waals surface area contributed by atoms with Crippen molar-refractivity contribution in [1.29, 1.82) is 0 Å². The minimum Gasteiger partial charge on any atom is -0.481 e. The fourth-order valence-corrected chi connectivity index (χ4v) is 3.06. The van der Waals surface area contributed by atoms with Gasteiger partial charge in [0.15, 0.2) is 0 Å². The van der Waals surface area contributed by atoms with Crippen molar-refractivity contribution in [2.45, 2.75) is 24.9 Å². The number of likely N-dealkylation sites (tertiary alicyclic amines) is 1. The van der Waals surface area contributed by atoms with E-state index in [1.54, 1.807) is 13.2 Å². The number of ether oxygens (including phenoxy) is 1. The molecule has 0 aromatic carbocycles. The van der Waals surface area contributed by atoms with E-state index in [1.165, 1.54) is 0 Å². The number of rotatable bonds is 3. The van der Waals surface area contributed by atoms with Crippen molar-refractivity contribution in [3.05, 3.63) is 22.8 Å². The average molecular weight is 282 g/mol. The Morgan fingerprint density at radius 1 is 1.53 bits per heavy atom. The molecule has 3 heterocycles. The van der Waals surface area contributed by atoms with Gasteiger partial charge in [0.25, 0.3) is 0 Å². The number of hydrogen-bond donors (Lipinski definition) is 1. The molecular weight excluding hydrogens is 266 g/mol. The normalized spacial score (nSPS) is 21.3. The Kier molecular flexibility index (Phi) is 3.11. The topological polar surface area (TPSA) is 54.5 Å². The predicted octanol–water partition coefficient (Wildman–Crippen LogP) is 1.21. The number of nitrogens with one attached hydrogen (secondary N) is 1. The summed E-state index contributed by atoms with van der Waals surface area (Å²) in [5.74, 6) is 0.745. The summed E-state index contributed by atoms with van der Waals surface area (Å²) in [6.45, 7) is 2.56. The van der Waals surface area contributed by atoms with E-state index in [9.17, 15) is 4.79 Å². The molecule has 19 heavy (non-hydrogen) atoms. The number of amides is 1. The van der Waals surface area contributed by atoms with Crippen molar-refractivity contribution in [3.63, 3.8) is 0 Å². The zero-order valence-electron chi connectivity index (χ0n) is 10.8. The third-order valence-corrected chi connectivity index (χ3v) is 3.99. The minimum atomic E-state index is 0.0180. The lowest BCUT2D eigenvalue weighted by Gasteiger charge is -2.48. The second-order valence-electron chi connectivity index (χ2n) is 5.28. The van der Waals surface area contributed by atoms with Crippen LogP contribution in [0.2, 0.25) is 5.15 Å². The lowest BCUT2D eigenvalue weighted by molar-refractivity contribution is -0.120. The molecule has 1 spiro atoms. The number of hydrogen-bond acceptors (Lipinski definition) is 4. The minimum absolute atomic E-state index is 0.0180. The summed E-state index contributed by atoms with van der Waals surface area (Å²) < 4.78 is 5.24. The van der Waals surface area contributed by atoms with Gasteiger partial charge >= 0.3 is 0 Å². The summed E-state index contributed by atoms with van der Waals surface area (Å²) in [6, 6.07) is 3.71. The molecule has 2 saturated heterocycles. The molecule has 0 atom stereocenters. The molecular formula is C13H16ClN3O2. The Morgan fingerprint density at radius 3 is 2.95 bits per heavy atom. The van der Waals surface area contributed by atoms with Crippen LogP contribution in [0, 0.1) is 0 Å². The summed E-state index contributed by atoms with van der Waals surface area (Å²) in [7, 11) is 1.59. The largest absolute Gasteiger partial charge is 0.481 e. The third-order valence-electron chi connectivity index (χ3n) is 3.78. The van der Waals surface area contributed by atoms with Gasteiger partial charge in [-0.25, -0.2) is 4.98 Å². The fraction of sp³-hybridized carbons (Fsp3) is 0.538. The van der Waals surface area contributed by atoms with Crippen LogP contribution in [0.3, 0.4) is 0 Å². The Hall–Kier alpha value is -1.33. The SMILES string of the molecule is COc1nc(Cl)ccc1CN1CC2(CCC(=O)N2)C1. The van der Waals surface area contributed by atoms with Gasteiger partial charge < -0.3 is 10.1 Å². The highest BCUT2D eigenvalue weighted by Gasteiger charge is 2.47. The number of aromatic nitrogens is 1. The lowest BCUT2D eigenvalue weighted by Crippen LogP contribution is -2.66. The van der Waals surface area contributed by atoms with E-state index in [4.69, 9.17) is 16.3 Å². The molecule has 0 bridgehead atoms. The van der Waals surface area contributed by atoms with Gasteiger partial charge in [-0.1, -0.05) is 11.6 Å². The van der Waals surface area contributed by atoms with Gasteiger partial charge in [0.05, 0.1) is 12.6 Å². The van der Waals surface area contributed by atoms with E-state index in [0.717, 1.165) is 31.6 Å². The maximum Gasteiger partial charge on any atom is 0.220 e. The molecule has 0 unspecified atom stereocenters. The van der Waals surface area contributed by atoms with Gasteiger partial charge in [-0.05, 0) is 18.6 Å². The van der Waals surface area contributed by atoms with Gasteiger partial charge in [-0.15, -0.1) is 0 Å². The first-order valence-electron chi connectivity index (χ1n) is 6.33. The van der Waals surface area contributed by atoms with Crippen LogP contribution in [0.1, 0.15) is 18.4 Å². The van der Waals surface area contributed by atoms with E-state index in [2.05, 4.69) is 15.2 Å². The highest BCUT2D eigenvalue weighted by molar-refractivity contribution is 6.29. The van der Waals surface area contributed by atoms with E-state index < -0.39 is 0 Å². The number of carbonyl (C=O) groups excluding carboxylic acids is 1.